The minimum atomic E-state index is -4.60. The fourth-order valence-electron chi connectivity index (χ4n) is 11.9. The van der Waals surface area contributed by atoms with Gasteiger partial charge in [-0.2, -0.15) is 13.2 Å². The Morgan fingerprint density at radius 1 is 0.942 bits per heavy atom. The van der Waals surface area contributed by atoms with Gasteiger partial charge in [0.05, 0.1) is 29.9 Å². The molecule has 6 aliphatic carbocycles. The van der Waals surface area contributed by atoms with Crippen LogP contribution in [-0.2, 0) is 10.9 Å². The lowest BCUT2D eigenvalue weighted by Crippen LogP contribution is -2.67. The SMILES string of the molecule is C[C@]12CC[C@H]3[C@]4(C=C[C@@]5(C=C4C(=O)c4cccc(C(F)(F)F)c4)CC(O)CC[C@]35C)[C@@H]1CC[C@@]2(O)CN(C[C@H]1CCCO1)C(=O)Nc1ccccc1. The fourth-order valence-corrected chi connectivity index (χ4v) is 11.9. The molecule has 7 nitrogen and oxygen atoms in total. The van der Waals surface area contributed by atoms with Gasteiger partial charge in [-0.3, -0.25) is 4.79 Å². The predicted octanol–water partition coefficient (Wildman–Crippen LogP) is 8.19. The zero-order chi connectivity index (χ0) is 36.7. The Morgan fingerprint density at radius 3 is 2.40 bits per heavy atom. The van der Waals surface area contributed by atoms with Crippen LogP contribution in [0.25, 0.3) is 0 Å². The molecule has 2 aromatic carbocycles. The van der Waals surface area contributed by atoms with Crippen LogP contribution in [0.2, 0.25) is 0 Å². The van der Waals surface area contributed by atoms with E-state index in [9.17, 15) is 33.0 Å². The van der Waals surface area contributed by atoms with Crippen LogP contribution in [0.5, 0.6) is 0 Å². The summed E-state index contributed by atoms with van der Waals surface area (Å²) in [5.74, 6) is -0.661. The zero-order valence-corrected chi connectivity index (χ0v) is 29.9. The number of nitrogens with one attached hydrogen (secondary N) is 1. The van der Waals surface area contributed by atoms with Gasteiger partial charge in [0.1, 0.15) is 0 Å². The molecule has 10 heteroatoms. The third-order valence-electron chi connectivity index (χ3n) is 14.6. The number of carbonyl (C=O) groups is 2. The second-order valence-electron chi connectivity index (χ2n) is 17.0. The van der Waals surface area contributed by atoms with Crippen LogP contribution < -0.4 is 5.32 Å². The summed E-state index contributed by atoms with van der Waals surface area (Å²) in [4.78, 5) is 30.4. The molecule has 278 valence electrons. The number of benzene rings is 2. The van der Waals surface area contributed by atoms with E-state index in [-0.39, 0.29) is 41.5 Å². The van der Waals surface area contributed by atoms with Crippen molar-refractivity contribution in [3.8, 4) is 0 Å². The Hall–Kier alpha value is -3.47. The van der Waals surface area contributed by atoms with Crippen LogP contribution in [0.3, 0.4) is 0 Å². The molecule has 7 aliphatic rings. The molecule has 1 aliphatic heterocycles. The molecule has 1 heterocycles. The van der Waals surface area contributed by atoms with Crippen molar-refractivity contribution >= 4 is 17.5 Å². The number of aliphatic hydroxyl groups excluding tert-OH is 1. The van der Waals surface area contributed by atoms with Gasteiger partial charge in [0.25, 0.3) is 0 Å². The lowest BCUT2D eigenvalue weighted by atomic mass is 9.32. The Labute approximate surface area is 303 Å². The van der Waals surface area contributed by atoms with E-state index in [1.54, 1.807) is 4.90 Å². The van der Waals surface area contributed by atoms with Crippen molar-refractivity contribution in [2.24, 2.45) is 33.5 Å². The summed E-state index contributed by atoms with van der Waals surface area (Å²) in [6, 6.07) is 13.6. The number of anilines is 1. The number of alkyl halides is 3. The number of carbonyl (C=O) groups excluding carboxylic acids is 2. The quantitative estimate of drug-likeness (QED) is 0.198. The number of ketones is 1. The highest BCUT2D eigenvalue weighted by atomic mass is 19.4. The summed E-state index contributed by atoms with van der Waals surface area (Å²) in [5, 5.41) is 26.9. The van der Waals surface area contributed by atoms with E-state index in [4.69, 9.17) is 4.74 Å². The van der Waals surface area contributed by atoms with Crippen molar-refractivity contribution in [2.75, 3.05) is 25.0 Å². The molecule has 2 spiro atoms. The molecule has 2 aromatic rings. The minimum Gasteiger partial charge on any atom is -0.393 e. The molecule has 0 radical (unpaired) electrons. The number of rotatable bonds is 7. The normalized spacial score (nSPS) is 38.9. The Bertz CT molecular complexity index is 1810. The van der Waals surface area contributed by atoms with Crippen LogP contribution in [0.15, 0.2) is 78.4 Å². The first-order valence-electron chi connectivity index (χ1n) is 18.9. The molecule has 2 bridgehead atoms. The Kier molecular flexibility index (Phi) is 8.40. The lowest BCUT2D eigenvalue weighted by molar-refractivity contribution is -0.175. The molecule has 4 fully saturated rings. The number of fused-ring (bicyclic) bond motifs is 1. The molecule has 9 atom stereocenters. The van der Waals surface area contributed by atoms with Crippen molar-refractivity contribution in [3.05, 3.63) is 89.5 Å². The standard InChI is InChI=1S/C42H49F3N2O5/c1-37-16-13-30(48)23-39(37)19-20-41(32(24-39)35(49)27-8-6-9-28(22-27)42(43,44)45)33(37)14-17-38(2)34(41)15-18-40(38,51)26-47(25-31-12-7-21-52-31)36(50)46-29-10-4-3-5-11-29/h3-6,8-11,19-20,22,24,30-31,33-34,48,51H,7,12-18,21,23,25-26H2,1-2H3,(H,46,50)/t30?,31-,33-,34-,37-,38+,39+,40-,41-/m1/s1. The average Bonchev–Trinajstić information content (AvgIpc) is 3.73. The number of allylic oxidation sites excluding steroid dienone is 4. The molecule has 3 saturated carbocycles. The molecule has 1 unspecified atom stereocenters. The number of ether oxygens (including phenoxy) is 1. The Morgan fingerprint density at radius 2 is 1.67 bits per heavy atom. The summed E-state index contributed by atoms with van der Waals surface area (Å²) < 4.78 is 47.6. The first kappa shape index (κ1) is 35.6. The molecule has 3 N–H and O–H groups in total. The van der Waals surface area contributed by atoms with Gasteiger partial charge in [0, 0.05) is 46.2 Å². The van der Waals surface area contributed by atoms with E-state index in [0.717, 1.165) is 31.4 Å². The van der Waals surface area contributed by atoms with Gasteiger partial charge in [0.15, 0.2) is 5.78 Å². The molecule has 0 aromatic heterocycles. The van der Waals surface area contributed by atoms with E-state index in [1.165, 1.54) is 12.1 Å². The first-order valence-corrected chi connectivity index (χ1v) is 18.9. The first-order chi connectivity index (χ1) is 24.6. The van der Waals surface area contributed by atoms with E-state index >= 15 is 0 Å². The smallest absolute Gasteiger partial charge is 0.393 e. The molecule has 2 amide bonds. The molecule has 9 rings (SSSR count). The summed E-state index contributed by atoms with van der Waals surface area (Å²) in [7, 11) is 0. The largest absolute Gasteiger partial charge is 0.416 e. The van der Waals surface area contributed by atoms with Gasteiger partial charge in [-0.25, -0.2) is 4.79 Å². The van der Waals surface area contributed by atoms with Crippen LogP contribution in [0, 0.1) is 33.5 Å². The maximum atomic E-state index is 14.8. The second-order valence-corrected chi connectivity index (χ2v) is 17.0. The number of hydrogen-bond acceptors (Lipinski definition) is 5. The number of aliphatic hydroxyl groups is 2. The lowest BCUT2D eigenvalue weighted by Gasteiger charge is -2.71. The van der Waals surface area contributed by atoms with Gasteiger partial charge in [0.2, 0.25) is 0 Å². The highest BCUT2D eigenvalue weighted by Gasteiger charge is 2.74. The zero-order valence-electron chi connectivity index (χ0n) is 29.9. The molecular weight excluding hydrogens is 669 g/mol. The molecular formula is C42H49F3N2O5. The van der Waals surface area contributed by atoms with Crippen molar-refractivity contribution in [1.82, 2.24) is 4.90 Å². The number of nitrogens with zero attached hydrogens (tertiary/aromatic N) is 1. The van der Waals surface area contributed by atoms with Crippen LogP contribution in [-0.4, -0.2) is 64.4 Å². The fraction of sp³-hybridized carbons (Fsp3) is 0.571. The summed E-state index contributed by atoms with van der Waals surface area (Å²) in [6.45, 7) is 5.41. The van der Waals surface area contributed by atoms with E-state index in [2.05, 4.69) is 31.3 Å². The third-order valence-corrected chi connectivity index (χ3v) is 14.6. The van der Waals surface area contributed by atoms with Gasteiger partial charge in [-0.05, 0) is 99.3 Å². The number of urea groups is 1. The third kappa shape index (κ3) is 5.25. The maximum absolute atomic E-state index is 14.8. The minimum absolute atomic E-state index is 0.00883. The van der Waals surface area contributed by atoms with Crippen LogP contribution in [0.1, 0.15) is 87.6 Å². The van der Waals surface area contributed by atoms with Crippen molar-refractivity contribution < 1.29 is 37.7 Å². The highest BCUT2D eigenvalue weighted by Crippen LogP contribution is 2.78. The van der Waals surface area contributed by atoms with Crippen LogP contribution >= 0.6 is 0 Å². The number of para-hydroxylation sites is 1. The number of Topliss-reactive ketones (excluding diaryl/α,β-unsaturated/α-hetero) is 1. The number of amides is 2. The topological polar surface area (TPSA) is 99.1 Å². The van der Waals surface area contributed by atoms with Crippen LogP contribution in [0.4, 0.5) is 23.7 Å². The number of hydrogen-bond donors (Lipinski definition) is 3. The van der Waals surface area contributed by atoms with Gasteiger partial charge in [-0.1, -0.05) is 62.4 Å². The predicted molar refractivity (Wildman–Crippen MR) is 190 cm³/mol. The van der Waals surface area contributed by atoms with Gasteiger partial charge in [-0.15, -0.1) is 0 Å². The average molecular weight is 719 g/mol. The van der Waals surface area contributed by atoms with Crippen molar-refractivity contribution in [2.45, 2.75) is 95.6 Å². The number of halogens is 3. The van der Waals surface area contributed by atoms with E-state index in [0.29, 0.717) is 62.9 Å². The second kappa shape index (κ2) is 12.3. The summed E-state index contributed by atoms with van der Waals surface area (Å²) in [5.41, 5.74) is -3.52. The monoisotopic (exact) mass is 718 g/mol. The maximum Gasteiger partial charge on any atom is 0.416 e. The highest BCUT2D eigenvalue weighted by molar-refractivity contribution is 6.10. The van der Waals surface area contributed by atoms with Gasteiger partial charge < -0.3 is 25.2 Å². The summed E-state index contributed by atoms with van der Waals surface area (Å²) >= 11 is 0. The van der Waals surface area contributed by atoms with Gasteiger partial charge >= 0.3 is 12.2 Å². The molecule has 1 saturated heterocycles. The molecule has 52 heavy (non-hydrogen) atoms. The van der Waals surface area contributed by atoms with Crippen molar-refractivity contribution in [1.29, 1.82) is 0 Å². The van der Waals surface area contributed by atoms with E-state index < -0.39 is 45.5 Å². The van der Waals surface area contributed by atoms with Crippen molar-refractivity contribution in [3.63, 3.8) is 0 Å². The van der Waals surface area contributed by atoms with E-state index in [1.807, 2.05) is 36.4 Å². The summed E-state index contributed by atoms with van der Waals surface area (Å²) in [6.07, 6.45) is 6.98. The Balaban J connectivity index is 1.19.